The van der Waals surface area contributed by atoms with Crippen LogP contribution < -0.4 is 10.6 Å². The molecule has 7 heteroatoms. The average molecular weight is 331 g/mol. The number of thioether (sulfide) groups is 1. The van der Waals surface area contributed by atoms with Crippen LogP contribution in [0.25, 0.3) is 0 Å². The minimum Gasteiger partial charge on any atom is -0.478 e. The zero-order chi connectivity index (χ0) is 15.7. The van der Waals surface area contributed by atoms with Crippen molar-refractivity contribution in [2.24, 2.45) is 0 Å². The van der Waals surface area contributed by atoms with E-state index in [1.54, 1.807) is 11.8 Å². The number of rotatable bonds is 9. The van der Waals surface area contributed by atoms with Gasteiger partial charge >= 0.3 is 5.97 Å². The van der Waals surface area contributed by atoms with E-state index in [0.717, 1.165) is 25.1 Å². The number of anilines is 1. The summed E-state index contributed by atoms with van der Waals surface area (Å²) in [5, 5.41) is 14.9. The Balaban J connectivity index is 2.40. The third-order valence-corrected chi connectivity index (χ3v) is 3.75. The van der Waals surface area contributed by atoms with Gasteiger partial charge in [0.2, 0.25) is 5.91 Å². The van der Waals surface area contributed by atoms with E-state index in [4.69, 9.17) is 16.7 Å². The summed E-state index contributed by atoms with van der Waals surface area (Å²) in [6.45, 7) is 0.948. The van der Waals surface area contributed by atoms with Gasteiger partial charge in [0, 0.05) is 0 Å². The lowest BCUT2D eigenvalue weighted by Gasteiger charge is -2.09. The maximum Gasteiger partial charge on any atom is 0.335 e. The average Bonchev–Trinajstić information content (AvgIpc) is 2.44. The quantitative estimate of drug-likeness (QED) is 0.607. The Morgan fingerprint density at radius 2 is 2.10 bits per heavy atom. The molecule has 1 aromatic rings. The third kappa shape index (κ3) is 6.84. The predicted molar refractivity (Wildman–Crippen MR) is 87.5 cm³/mol. The van der Waals surface area contributed by atoms with Crippen LogP contribution in [-0.2, 0) is 4.79 Å². The molecule has 1 rings (SSSR count). The van der Waals surface area contributed by atoms with E-state index in [2.05, 4.69) is 16.9 Å². The van der Waals surface area contributed by atoms with Gasteiger partial charge in [-0.25, -0.2) is 4.79 Å². The summed E-state index contributed by atoms with van der Waals surface area (Å²) in [5.74, 6) is -0.191. The molecule has 0 unspecified atom stereocenters. The molecule has 0 aliphatic carbocycles. The second kappa shape index (κ2) is 9.65. The Kier molecular flexibility index (Phi) is 8.19. The summed E-state index contributed by atoms with van der Waals surface area (Å²) in [5.41, 5.74) is 0.394. The first-order valence-electron chi connectivity index (χ1n) is 6.57. The van der Waals surface area contributed by atoms with Gasteiger partial charge in [0.25, 0.3) is 0 Å². The van der Waals surface area contributed by atoms with Crippen molar-refractivity contribution in [2.45, 2.75) is 12.8 Å². The molecule has 0 atom stereocenters. The molecule has 5 nitrogen and oxygen atoms in total. The van der Waals surface area contributed by atoms with Crippen LogP contribution in [0.4, 0.5) is 5.69 Å². The summed E-state index contributed by atoms with van der Waals surface area (Å²) in [4.78, 5) is 22.6. The van der Waals surface area contributed by atoms with Gasteiger partial charge in [0.15, 0.2) is 0 Å². The van der Waals surface area contributed by atoms with Crippen molar-refractivity contribution in [3.63, 3.8) is 0 Å². The smallest absolute Gasteiger partial charge is 0.335 e. The molecule has 3 N–H and O–H groups in total. The van der Waals surface area contributed by atoms with E-state index in [9.17, 15) is 9.59 Å². The lowest BCUT2D eigenvalue weighted by atomic mass is 10.2. The highest BCUT2D eigenvalue weighted by molar-refractivity contribution is 7.98. The monoisotopic (exact) mass is 330 g/mol. The second-order valence-electron chi connectivity index (χ2n) is 4.42. The van der Waals surface area contributed by atoms with Crippen molar-refractivity contribution in [1.82, 2.24) is 5.32 Å². The van der Waals surface area contributed by atoms with E-state index in [-0.39, 0.29) is 18.0 Å². The summed E-state index contributed by atoms with van der Waals surface area (Å²) >= 11 is 7.74. The van der Waals surface area contributed by atoms with Crippen LogP contribution in [-0.4, -0.2) is 42.1 Å². The van der Waals surface area contributed by atoms with Gasteiger partial charge in [0.05, 0.1) is 22.8 Å². The van der Waals surface area contributed by atoms with Crippen molar-refractivity contribution in [3.8, 4) is 0 Å². The summed E-state index contributed by atoms with van der Waals surface area (Å²) in [6.07, 6.45) is 4.20. The number of halogens is 1. The van der Waals surface area contributed by atoms with E-state index >= 15 is 0 Å². The molecule has 0 spiro atoms. The predicted octanol–water partition coefficient (Wildman–Crippen LogP) is 2.71. The third-order valence-electron chi connectivity index (χ3n) is 2.72. The standard InChI is InChI=1S/C14H19ClN2O3S/c1-21-7-3-2-6-16-9-13(18)17-12-8-10(14(19)20)4-5-11(12)15/h4-5,8,16H,2-3,6-7,9H2,1H3,(H,17,18)(H,19,20). The Hall–Kier alpha value is -1.24. The highest BCUT2D eigenvalue weighted by Gasteiger charge is 2.09. The van der Waals surface area contributed by atoms with Crippen LogP contribution in [0.5, 0.6) is 0 Å². The van der Waals surface area contributed by atoms with Crippen LogP contribution in [0.2, 0.25) is 5.02 Å². The van der Waals surface area contributed by atoms with Crippen molar-refractivity contribution in [2.75, 3.05) is 30.4 Å². The lowest BCUT2D eigenvalue weighted by Crippen LogP contribution is -2.29. The number of unbranched alkanes of at least 4 members (excludes halogenated alkanes) is 1. The number of hydrogen-bond donors (Lipinski definition) is 3. The van der Waals surface area contributed by atoms with E-state index in [1.165, 1.54) is 18.2 Å². The van der Waals surface area contributed by atoms with Crippen LogP contribution in [0.3, 0.4) is 0 Å². The van der Waals surface area contributed by atoms with Gasteiger partial charge < -0.3 is 15.7 Å². The zero-order valence-electron chi connectivity index (χ0n) is 11.8. The largest absolute Gasteiger partial charge is 0.478 e. The fourth-order valence-corrected chi connectivity index (χ4v) is 2.30. The molecule has 0 saturated heterocycles. The maximum absolute atomic E-state index is 11.8. The molecule has 0 fully saturated rings. The van der Waals surface area contributed by atoms with Gasteiger partial charge in [0.1, 0.15) is 0 Å². The van der Waals surface area contributed by atoms with Crippen molar-refractivity contribution < 1.29 is 14.7 Å². The minimum absolute atomic E-state index is 0.0831. The first-order chi connectivity index (χ1) is 10.0. The molecule has 0 heterocycles. The van der Waals surface area contributed by atoms with Gasteiger partial charge in [-0.15, -0.1) is 0 Å². The number of aromatic carboxylic acids is 1. The van der Waals surface area contributed by atoms with Gasteiger partial charge in [-0.3, -0.25) is 4.79 Å². The Bertz CT molecular complexity index is 497. The number of nitrogens with one attached hydrogen (secondary N) is 2. The summed E-state index contributed by atoms with van der Waals surface area (Å²) in [6, 6.07) is 4.20. The molecule has 0 aliphatic heterocycles. The Morgan fingerprint density at radius 3 is 2.76 bits per heavy atom. The topological polar surface area (TPSA) is 78.4 Å². The Morgan fingerprint density at radius 1 is 1.33 bits per heavy atom. The highest BCUT2D eigenvalue weighted by atomic mass is 35.5. The highest BCUT2D eigenvalue weighted by Crippen LogP contribution is 2.22. The fourth-order valence-electron chi connectivity index (χ4n) is 1.65. The number of carbonyl (C=O) groups excluding carboxylic acids is 1. The second-order valence-corrected chi connectivity index (χ2v) is 5.82. The van der Waals surface area contributed by atoms with Crippen molar-refractivity contribution in [3.05, 3.63) is 28.8 Å². The van der Waals surface area contributed by atoms with Crippen molar-refractivity contribution >= 4 is 40.9 Å². The zero-order valence-corrected chi connectivity index (χ0v) is 13.4. The molecule has 0 saturated carbocycles. The number of benzene rings is 1. The number of carboxylic acid groups (broad SMARTS) is 1. The number of carbonyl (C=O) groups is 2. The maximum atomic E-state index is 11.8. The van der Waals surface area contributed by atoms with Gasteiger partial charge in [-0.05, 0) is 49.6 Å². The van der Waals surface area contributed by atoms with Crippen LogP contribution in [0.15, 0.2) is 18.2 Å². The molecule has 1 aromatic carbocycles. The van der Waals surface area contributed by atoms with Gasteiger partial charge in [-0.1, -0.05) is 11.6 Å². The summed E-state index contributed by atoms with van der Waals surface area (Å²) < 4.78 is 0. The van der Waals surface area contributed by atoms with Crippen molar-refractivity contribution in [1.29, 1.82) is 0 Å². The van der Waals surface area contributed by atoms with Crippen LogP contribution >= 0.6 is 23.4 Å². The Labute approximate surface area is 133 Å². The molecule has 21 heavy (non-hydrogen) atoms. The molecule has 1 amide bonds. The molecule has 0 aliphatic rings. The minimum atomic E-state index is -1.06. The van der Waals surface area contributed by atoms with E-state index in [1.807, 2.05) is 0 Å². The van der Waals surface area contributed by atoms with Crippen LogP contribution in [0.1, 0.15) is 23.2 Å². The molecular formula is C14H19ClN2O3S. The summed E-state index contributed by atoms with van der Waals surface area (Å²) in [7, 11) is 0. The van der Waals surface area contributed by atoms with Crippen LogP contribution in [0, 0.1) is 0 Å². The first kappa shape index (κ1) is 17.8. The number of hydrogen-bond acceptors (Lipinski definition) is 4. The molecule has 0 radical (unpaired) electrons. The number of carboxylic acids is 1. The molecule has 0 aromatic heterocycles. The SMILES string of the molecule is CSCCCCNCC(=O)Nc1cc(C(=O)O)ccc1Cl. The molecule has 116 valence electrons. The lowest BCUT2D eigenvalue weighted by molar-refractivity contribution is -0.115. The molecule has 0 bridgehead atoms. The number of amides is 1. The van der Waals surface area contributed by atoms with E-state index in [0.29, 0.717) is 10.7 Å². The van der Waals surface area contributed by atoms with E-state index < -0.39 is 5.97 Å². The normalized spacial score (nSPS) is 10.4. The van der Waals surface area contributed by atoms with Gasteiger partial charge in [-0.2, -0.15) is 11.8 Å². The molecular weight excluding hydrogens is 312 g/mol. The fraction of sp³-hybridized carbons (Fsp3) is 0.429. The first-order valence-corrected chi connectivity index (χ1v) is 8.34.